The minimum Gasteiger partial charge on any atom is -0.374 e. The highest BCUT2D eigenvalue weighted by Crippen LogP contribution is 2.25. The fourth-order valence-corrected chi connectivity index (χ4v) is 2.83. The first-order valence-electron chi connectivity index (χ1n) is 8.48. The van der Waals surface area contributed by atoms with Crippen molar-refractivity contribution in [2.75, 3.05) is 18.5 Å². The number of anilines is 2. The molecule has 1 aliphatic heterocycles. The number of carbonyl (C=O) groups is 1. The van der Waals surface area contributed by atoms with Crippen LogP contribution in [-0.4, -0.2) is 30.3 Å². The van der Waals surface area contributed by atoms with Crippen LogP contribution in [0, 0.1) is 6.92 Å². The molecule has 6 nitrogen and oxygen atoms in total. The fraction of sp³-hybridized carbons (Fsp3) is 0.316. The van der Waals surface area contributed by atoms with E-state index in [9.17, 15) is 9.90 Å². The average Bonchev–Trinajstić information content (AvgIpc) is 3.02. The van der Waals surface area contributed by atoms with E-state index in [1.54, 1.807) is 0 Å². The number of para-hydroxylation sites is 1. The van der Waals surface area contributed by atoms with Crippen molar-refractivity contribution in [1.29, 1.82) is 0 Å². The van der Waals surface area contributed by atoms with Gasteiger partial charge in [-0.15, -0.1) is 0 Å². The third-order valence-electron chi connectivity index (χ3n) is 4.28. The highest BCUT2D eigenvalue weighted by atomic mass is 16.3. The van der Waals surface area contributed by atoms with E-state index >= 15 is 0 Å². The number of nitrogens with one attached hydrogen (secondary N) is 4. The lowest BCUT2D eigenvalue weighted by Gasteiger charge is -2.19. The van der Waals surface area contributed by atoms with Crippen molar-refractivity contribution in [3.63, 3.8) is 0 Å². The Kier molecular flexibility index (Phi) is 5.65. The summed E-state index contributed by atoms with van der Waals surface area (Å²) in [6.07, 6.45) is -0.185. The molecule has 0 bridgehead atoms. The SMILES string of the molecule is Cc1ccc(Nc2ccccc2C(O)NCCC2NCNC2=O)cc1. The van der Waals surface area contributed by atoms with E-state index in [4.69, 9.17) is 0 Å². The minimum absolute atomic E-state index is 0.0118. The van der Waals surface area contributed by atoms with Crippen molar-refractivity contribution in [1.82, 2.24) is 16.0 Å². The van der Waals surface area contributed by atoms with Crippen LogP contribution in [0.5, 0.6) is 0 Å². The maximum Gasteiger partial charge on any atom is 0.238 e. The summed E-state index contributed by atoms with van der Waals surface area (Å²) in [4.78, 5) is 11.5. The highest BCUT2D eigenvalue weighted by Gasteiger charge is 2.23. The first kappa shape index (κ1) is 17.4. The lowest BCUT2D eigenvalue weighted by Crippen LogP contribution is -2.33. The number of amides is 1. The number of benzene rings is 2. The zero-order chi connectivity index (χ0) is 17.6. The van der Waals surface area contributed by atoms with Crippen molar-refractivity contribution in [2.24, 2.45) is 0 Å². The van der Waals surface area contributed by atoms with Crippen LogP contribution in [-0.2, 0) is 4.79 Å². The Morgan fingerprint density at radius 3 is 2.68 bits per heavy atom. The number of hydrogen-bond acceptors (Lipinski definition) is 5. The molecule has 25 heavy (non-hydrogen) atoms. The standard InChI is InChI=1S/C19H24N4O2/c1-13-6-8-14(9-7-13)23-16-5-3-2-4-15(16)18(24)20-11-10-17-19(25)22-12-21-17/h2-9,17-18,20-21,23-24H,10-12H2,1H3,(H,22,25). The summed E-state index contributed by atoms with van der Waals surface area (Å²) in [6.45, 7) is 3.09. The van der Waals surface area contributed by atoms with E-state index in [1.807, 2.05) is 55.5 Å². The molecule has 2 aromatic carbocycles. The van der Waals surface area contributed by atoms with Crippen LogP contribution in [0.2, 0.25) is 0 Å². The first-order valence-corrected chi connectivity index (χ1v) is 8.48. The molecule has 6 heteroatoms. The lowest BCUT2D eigenvalue weighted by atomic mass is 10.1. The largest absolute Gasteiger partial charge is 0.374 e. The molecule has 1 fully saturated rings. The Bertz CT molecular complexity index is 718. The van der Waals surface area contributed by atoms with Gasteiger partial charge in [-0.3, -0.25) is 15.4 Å². The van der Waals surface area contributed by atoms with Gasteiger partial charge in [-0.25, -0.2) is 0 Å². The molecule has 0 radical (unpaired) electrons. The van der Waals surface area contributed by atoms with Gasteiger partial charge in [-0.05, 0) is 38.1 Å². The Hall–Kier alpha value is -2.41. The summed E-state index contributed by atoms with van der Waals surface area (Å²) in [5.41, 5.74) is 3.79. The van der Waals surface area contributed by atoms with Crippen LogP contribution >= 0.6 is 0 Å². The predicted octanol–water partition coefficient (Wildman–Crippen LogP) is 1.75. The zero-order valence-corrected chi connectivity index (χ0v) is 14.3. The summed E-state index contributed by atoms with van der Waals surface area (Å²) in [5.74, 6) is 0.0118. The van der Waals surface area contributed by atoms with Gasteiger partial charge < -0.3 is 15.7 Å². The molecule has 1 amide bonds. The van der Waals surface area contributed by atoms with Crippen LogP contribution in [0.3, 0.4) is 0 Å². The van der Waals surface area contributed by atoms with Gasteiger partial charge in [0.2, 0.25) is 5.91 Å². The number of aryl methyl sites for hydroxylation is 1. The number of aliphatic hydroxyl groups is 1. The predicted molar refractivity (Wildman–Crippen MR) is 98.4 cm³/mol. The number of rotatable bonds is 7. The molecule has 1 aliphatic rings. The maximum absolute atomic E-state index is 11.5. The van der Waals surface area contributed by atoms with Gasteiger partial charge in [-0.1, -0.05) is 35.9 Å². The molecule has 0 aliphatic carbocycles. The van der Waals surface area contributed by atoms with E-state index in [2.05, 4.69) is 21.3 Å². The number of hydrogen-bond donors (Lipinski definition) is 5. The van der Waals surface area contributed by atoms with Crippen molar-refractivity contribution in [3.8, 4) is 0 Å². The Balaban J connectivity index is 1.61. The van der Waals surface area contributed by atoms with E-state index in [0.29, 0.717) is 19.6 Å². The second-order valence-electron chi connectivity index (χ2n) is 6.20. The zero-order valence-electron chi connectivity index (χ0n) is 14.3. The van der Waals surface area contributed by atoms with E-state index in [0.717, 1.165) is 16.9 Å². The molecule has 2 aromatic rings. The monoisotopic (exact) mass is 340 g/mol. The molecule has 0 spiro atoms. The Morgan fingerprint density at radius 1 is 1.20 bits per heavy atom. The van der Waals surface area contributed by atoms with Crippen LogP contribution < -0.4 is 21.3 Å². The van der Waals surface area contributed by atoms with Crippen LogP contribution in [0.4, 0.5) is 11.4 Å². The normalized spacial score (nSPS) is 18.0. The molecule has 1 saturated heterocycles. The molecule has 2 unspecified atom stereocenters. The van der Waals surface area contributed by atoms with Crippen molar-refractivity contribution in [2.45, 2.75) is 25.6 Å². The summed E-state index contributed by atoms with van der Waals surface area (Å²) < 4.78 is 0. The van der Waals surface area contributed by atoms with Gasteiger partial charge in [0.05, 0.1) is 12.7 Å². The van der Waals surface area contributed by atoms with E-state index in [-0.39, 0.29) is 11.9 Å². The molecule has 0 aromatic heterocycles. The second kappa shape index (κ2) is 8.11. The molecule has 5 N–H and O–H groups in total. The molecule has 0 saturated carbocycles. The minimum atomic E-state index is -0.807. The van der Waals surface area contributed by atoms with Gasteiger partial charge in [0.1, 0.15) is 6.23 Å². The first-order chi connectivity index (χ1) is 12.1. The molecule has 3 rings (SSSR count). The third kappa shape index (κ3) is 4.57. The Morgan fingerprint density at radius 2 is 1.96 bits per heavy atom. The fourth-order valence-electron chi connectivity index (χ4n) is 2.83. The maximum atomic E-state index is 11.5. The summed E-state index contributed by atoms with van der Waals surface area (Å²) in [5, 5.41) is 22.7. The highest BCUT2D eigenvalue weighted by molar-refractivity contribution is 5.83. The molecule has 2 atom stereocenters. The quantitative estimate of drug-likeness (QED) is 0.496. The van der Waals surface area contributed by atoms with Crippen LogP contribution in [0.25, 0.3) is 0 Å². The van der Waals surface area contributed by atoms with E-state index in [1.165, 1.54) is 5.56 Å². The van der Waals surface area contributed by atoms with Crippen LogP contribution in [0.1, 0.15) is 23.8 Å². The molecule has 1 heterocycles. The smallest absolute Gasteiger partial charge is 0.238 e. The molecule has 132 valence electrons. The van der Waals surface area contributed by atoms with Crippen molar-refractivity contribution < 1.29 is 9.90 Å². The van der Waals surface area contributed by atoms with E-state index < -0.39 is 6.23 Å². The van der Waals surface area contributed by atoms with Crippen molar-refractivity contribution >= 4 is 17.3 Å². The third-order valence-corrected chi connectivity index (χ3v) is 4.28. The van der Waals surface area contributed by atoms with Gasteiger partial charge >= 0.3 is 0 Å². The van der Waals surface area contributed by atoms with Gasteiger partial charge in [-0.2, -0.15) is 0 Å². The topological polar surface area (TPSA) is 85.4 Å². The molecular weight excluding hydrogens is 316 g/mol. The van der Waals surface area contributed by atoms with Crippen LogP contribution in [0.15, 0.2) is 48.5 Å². The number of carbonyl (C=O) groups excluding carboxylic acids is 1. The van der Waals surface area contributed by atoms with Gasteiger partial charge in [0.25, 0.3) is 0 Å². The summed E-state index contributed by atoms with van der Waals surface area (Å²) >= 11 is 0. The second-order valence-corrected chi connectivity index (χ2v) is 6.20. The van der Waals surface area contributed by atoms with Gasteiger partial charge in [0.15, 0.2) is 0 Å². The lowest BCUT2D eigenvalue weighted by molar-refractivity contribution is -0.120. The Labute approximate surface area is 147 Å². The van der Waals surface area contributed by atoms with Gasteiger partial charge in [0, 0.05) is 16.9 Å². The number of aliphatic hydroxyl groups excluding tert-OH is 1. The molecular formula is C19H24N4O2. The average molecular weight is 340 g/mol. The summed E-state index contributed by atoms with van der Waals surface area (Å²) in [6, 6.07) is 15.6. The van der Waals surface area contributed by atoms with Crippen molar-refractivity contribution in [3.05, 3.63) is 59.7 Å². The summed E-state index contributed by atoms with van der Waals surface area (Å²) in [7, 11) is 0.